The Kier molecular flexibility index (Phi) is 5.11. The number of benzene rings is 1. The van der Waals surface area contributed by atoms with Crippen molar-refractivity contribution in [3.8, 4) is 0 Å². The SMILES string of the molecule is Cc1cccc2cc([C@H](C)Nc3ncnc4cccnc34)nc(N3CCN(C)CC3)c12. The fourth-order valence-electron chi connectivity index (χ4n) is 4.23. The number of hydrogen-bond acceptors (Lipinski definition) is 7. The Balaban J connectivity index is 1.55. The average molecular weight is 414 g/mol. The number of nitrogens with zero attached hydrogens (tertiary/aromatic N) is 6. The first-order valence-corrected chi connectivity index (χ1v) is 10.8. The van der Waals surface area contributed by atoms with Gasteiger partial charge in [0.2, 0.25) is 0 Å². The number of fused-ring (bicyclic) bond motifs is 2. The molecule has 1 fully saturated rings. The van der Waals surface area contributed by atoms with Gasteiger partial charge in [-0.05, 0) is 50.0 Å². The van der Waals surface area contributed by atoms with Crippen molar-refractivity contribution in [2.45, 2.75) is 19.9 Å². The van der Waals surface area contributed by atoms with E-state index in [1.54, 1.807) is 12.5 Å². The summed E-state index contributed by atoms with van der Waals surface area (Å²) in [4.78, 5) is 23.2. The summed E-state index contributed by atoms with van der Waals surface area (Å²) in [5, 5.41) is 5.98. The predicted molar refractivity (Wildman–Crippen MR) is 126 cm³/mol. The third kappa shape index (κ3) is 3.77. The molecular weight excluding hydrogens is 386 g/mol. The van der Waals surface area contributed by atoms with E-state index >= 15 is 0 Å². The highest BCUT2D eigenvalue weighted by atomic mass is 15.3. The molecule has 158 valence electrons. The lowest BCUT2D eigenvalue weighted by Gasteiger charge is -2.34. The van der Waals surface area contributed by atoms with E-state index in [0.717, 1.165) is 54.5 Å². The Morgan fingerprint density at radius 1 is 1.00 bits per heavy atom. The van der Waals surface area contributed by atoms with Crippen LogP contribution in [0.2, 0.25) is 0 Å². The molecule has 7 heteroatoms. The molecule has 1 atom stereocenters. The molecule has 1 aliphatic rings. The first-order chi connectivity index (χ1) is 15.1. The zero-order valence-corrected chi connectivity index (χ0v) is 18.2. The fraction of sp³-hybridized carbons (Fsp3) is 0.333. The summed E-state index contributed by atoms with van der Waals surface area (Å²) in [5.74, 6) is 1.81. The lowest BCUT2D eigenvalue weighted by molar-refractivity contribution is 0.312. The van der Waals surface area contributed by atoms with Crippen LogP contribution in [0.15, 0.2) is 48.9 Å². The maximum atomic E-state index is 5.17. The quantitative estimate of drug-likeness (QED) is 0.546. The van der Waals surface area contributed by atoms with Gasteiger partial charge < -0.3 is 15.1 Å². The molecule has 0 amide bonds. The van der Waals surface area contributed by atoms with E-state index in [9.17, 15) is 0 Å². The molecule has 7 nitrogen and oxygen atoms in total. The maximum Gasteiger partial charge on any atom is 0.156 e. The van der Waals surface area contributed by atoms with Crippen LogP contribution in [0.3, 0.4) is 0 Å². The molecule has 3 aromatic heterocycles. The highest BCUT2D eigenvalue weighted by Crippen LogP contribution is 2.32. The van der Waals surface area contributed by atoms with Crippen LogP contribution in [0, 0.1) is 6.92 Å². The molecule has 0 spiro atoms. The molecule has 31 heavy (non-hydrogen) atoms. The van der Waals surface area contributed by atoms with Crippen LogP contribution in [-0.4, -0.2) is 58.1 Å². The second-order valence-electron chi connectivity index (χ2n) is 8.29. The third-order valence-electron chi connectivity index (χ3n) is 6.06. The molecule has 0 saturated carbocycles. The molecular formula is C24H27N7. The van der Waals surface area contributed by atoms with E-state index in [2.05, 4.69) is 75.2 Å². The lowest BCUT2D eigenvalue weighted by Crippen LogP contribution is -2.45. The number of hydrogen-bond donors (Lipinski definition) is 1. The van der Waals surface area contributed by atoms with Crippen molar-refractivity contribution in [2.75, 3.05) is 43.4 Å². The average Bonchev–Trinajstić information content (AvgIpc) is 2.79. The van der Waals surface area contributed by atoms with Gasteiger partial charge in [0, 0.05) is 37.8 Å². The zero-order chi connectivity index (χ0) is 21.4. The molecule has 1 aliphatic heterocycles. The Hall–Kier alpha value is -3.32. The molecule has 1 N–H and O–H groups in total. The summed E-state index contributed by atoms with van der Waals surface area (Å²) in [6.45, 7) is 8.35. The molecule has 1 saturated heterocycles. The number of rotatable bonds is 4. The summed E-state index contributed by atoms with van der Waals surface area (Å²) >= 11 is 0. The second kappa shape index (κ2) is 8.07. The highest BCUT2D eigenvalue weighted by molar-refractivity contribution is 5.95. The Morgan fingerprint density at radius 2 is 1.84 bits per heavy atom. The molecule has 1 aromatic carbocycles. The van der Waals surface area contributed by atoms with E-state index in [1.165, 1.54) is 16.3 Å². The highest BCUT2D eigenvalue weighted by Gasteiger charge is 2.21. The zero-order valence-electron chi connectivity index (χ0n) is 18.2. The maximum absolute atomic E-state index is 5.17. The number of aryl methyl sites for hydroxylation is 1. The van der Waals surface area contributed by atoms with Gasteiger partial charge >= 0.3 is 0 Å². The van der Waals surface area contributed by atoms with Crippen LogP contribution >= 0.6 is 0 Å². The first-order valence-electron chi connectivity index (χ1n) is 10.8. The van der Waals surface area contributed by atoms with Crippen molar-refractivity contribution < 1.29 is 0 Å². The minimum absolute atomic E-state index is 0.0313. The molecule has 4 aromatic rings. The van der Waals surface area contributed by atoms with Crippen LogP contribution in [0.4, 0.5) is 11.6 Å². The van der Waals surface area contributed by atoms with Crippen LogP contribution in [-0.2, 0) is 0 Å². The van der Waals surface area contributed by atoms with Crippen molar-refractivity contribution in [3.05, 3.63) is 60.2 Å². The number of piperazine rings is 1. The molecule has 0 aliphatic carbocycles. The predicted octanol–water partition coefficient (Wildman–Crippen LogP) is 3.81. The molecule has 0 unspecified atom stereocenters. The minimum Gasteiger partial charge on any atom is -0.360 e. The number of aromatic nitrogens is 4. The van der Waals surface area contributed by atoms with Gasteiger partial charge in [0.15, 0.2) is 5.82 Å². The fourth-order valence-corrected chi connectivity index (χ4v) is 4.23. The summed E-state index contributed by atoms with van der Waals surface area (Å²) in [5.41, 5.74) is 3.85. The van der Waals surface area contributed by atoms with E-state index < -0.39 is 0 Å². The van der Waals surface area contributed by atoms with E-state index in [0.29, 0.717) is 0 Å². The van der Waals surface area contributed by atoms with Crippen LogP contribution < -0.4 is 10.2 Å². The molecule has 0 bridgehead atoms. The van der Waals surface area contributed by atoms with Gasteiger partial charge in [-0.2, -0.15) is 0 Å². The standard InChI is InChI=1S/C24H27N7/c1-16-6-4-7-18-14-20(29-24(21(16)18)31-12-10-30(3)11-13-31)17(2)28-23-22-19(26-15-27-23)8-5-9-25-22/h4-9,14-15,17H,10-13H2,1-3H3,(H,26,27,28)/t17-/m0/s1. The van der Waals surface area contributed by atoms with E-state index in [-0.39, 0.29) is 6.04 Å². The monoisotopic (exact) mass is 413 g/mol. The minimum atomic E-state index is -0.0313. The largest absolute Gasteiger partial charge is 0.360 e. The van der Waals surface area contributed by atoms with Gasteiger partial charge in [0.25, 0.3) is 0 Å². The van der Waals surface area contributed by atoms with Crippen molar-refractivity contribution in [1.82, 2.24) is 24.8 Å². The van der Waals surface area contributed by atoms with Crippen LogP contribution in [0.5, 0.6) is 0 Å². The molecule has 5 rings (SSSR count). The van der Waals surface area contributed by atoms with Gasteiger partial charge in [-0.3, -0.25) is 4.98 Å². The van der Waals surface area contributed by atoms with Crippen molar-refractivity contribution in [3.63, 3.8) is 0 Å². The smallest absolute Gasteiger partial charge is 0.156 e. The summed E-state index contributed by atoms with van der Waals surface area (Å²) in [6, 6.07) is 12.5. The number of anilines is 2. The van der Waals surface area contributed by atoms with E-state index in [1.807, 2.05) is 12.1 Å². The first kappa shape index (κ1) is 19.6. The summed E-state index contributed by atoms with van der Waals surface area (Å²) < 4.78 is 0. The Labute approximate surface area is 182 Å². The normalized spacial score (nSPS) is 16.0. The van der Waals surface area contributed by atoms with Gasteiger partial charge in [-0.1, -0.05) is 18.2 Å². The van der Waals surface area contributed by atoms with E-state index in [4.69, 9.17) is 4.98 Å². The summed E-state index contributed by atoms with van der Waals surface area (Å²) in [6.07, 6.45) is 3.34. The summed E-state index contributed by atoms with van der Waals surface area (Å²) in [7, 11) is 2.18. The van der Waals surface area contributed by atoms with Crippen molar-refractivity contribution in [1.29, 1.82) is 0 Å². The Morgan fingerprint density at radius 3 is 2.68 bits per heavy atom. The molecule has 0 radical (unpaired) electrons. The van der Waals surface area contributed by atoms with Gasteiger partial charge in [-0.25, -0.2) is 15.0 Å². The van der Waals surface area contributed by atoms with Gasteiger partial charge in [0.1, 0.15) is 17.7 Å². The lowest BCUT2D eigenvalue weighted by atomic mass is 10.0. The number of pyridine rings is 2. The van der Waals surface area contributed by atoms with Crippen molar-refractivity contribution >= 4 is 33.4 Å². The number of nitrogens with one attached hydrogen (secondary N) is 1. The van der Waals surface area contributed by atoms with Crippen LogP contribution in [0.1, 0.15) is 24.2 Å². The van der Waals surface area contributed by atoms with Gasteiger partial charge in [0.05, 0.1) is 17.3 Å². The van der Waals surface area contributed by atoms with Crippen LogP contribution in [0.25, 0.3) is 21.8 Å². The van der Waals surface area contributed by atoms with Gasteiger partial charge in [-0.15, -0.1) is 0 Å². The third-order valence-corrected chi connectivity index (χ3v) is 6.06. The second-order valence-corrected chi connectivity index (χ2v) is 8.29. The topological polar surface area (TPSA) is 70.1 Å². The Bertz CT molecular complexity index is 1230. The molecule has 4 heterocycles. The van der Waals surface area contributed by atoms with Crippen molar-refractivity contribution in [2.24, 2.45) is 0 Å². The number of likely N-dealkylation sites (N-methyl/N-ethyl adjacent to an activating group) is 1.